The number of fused-ring (bicyclic) bond motifs is 1. The zero-order valence-electron chi connectivity index (χ0n) is 11.0. The fourth-order valence-electron chi connectivity index (χ4n) is 2.19. The first-order valence-corrected chi connectivity index (χ1v) is 6.31. The molecule has 17 heavy (non-hydrogen) atoms. The highest BCUT2D eigenvalue weighted by atomic mass is 16.1. The molecule has 1 aromatic heterocycles. The number of pyridine rings is 1. The maximum atomic E-state index is 11.9. The minimum atomic E-state index is 0.222. The molecule has 0 spiro atoms. The Kier molecular flexibility index (Phi) is 3.18. The van der Waals surface area contributed by atoms with E-state index < -0.39 is 0 Å². The van der Waals surface area contributed by atoms with Gasteiger partial charge in [-0.15, -0.1) is 0 Å². The van der Waals surface area contributed by atoms with Crippen molar-refractivity contribution in [3.8, 4) is 0 Å². The number of aromatic nitrogens is 1. The van der Waals surface area contributed by atoms with Gasteiger partial charge >= 0.3 is 0 Å². The highest BCUT2D eigenvalue weighted by molar-refractivity contribution is 6.02. The minimum Gasteiger partial charge on any atom is -0.353 e. The number of carbonyl (C=O) groups is 1. The van der Waals surface area contributed by atoms with E-state index in [4.69, 9.17) is 0 Å². The van der Waals surface area contributed by atoms with Gasteiger partial charge in [-0.1, -0.05) is 13.8 Å². The van der Waals surface area contributed by atoms with Crippen LogP contribution < -0.4 is 4.90 Å². The van der Waals surface area contributed by atoms with Crippen molar-refractivity contribution in [2.45, 2.75) is 46.1 Å². The summed E-state index contributed by atoms with van der Waals surface area (Å²) in [6, 6.07) is 4.30. The third-order valence-electron chi connectivity index (χ3n) is 3.26. The van der Waals surface area contributed by atoms with Crippen molar-refractivity contribution in [2.24, 2.45) is 0 Å². The molecule has 0 saturated heterocycles. The monoisotopic (exact) mass is 232 g/mol. The van der Waals surface area contributed by atoms with Crippen molar-refractivity contribution in [1.82, 2.24) is 4.98 Å². The molecule has 0 radical (unpaired) electrons. The predicted molar refractivity (Wildman–Crippen MR) is 69.8 cm³/mol. The first-order valence-electron chi connectivity index (χ1n) is 6.31. The van der Waals surface area contributed by atoms with Crippen molar-refractivity contribution in [3.05, 3.63) is 23.4 Å². The van der Waals surface area contributed by atoms with Crippen molar-refractivity contribution < 1.29 is 4.79 Å². The largest absolute Gasteiger partial charge is 0.353 e. The van der Waals surface area contributed by atoms with E-state index in [9.17, 15) is 4.79 Å². The van der Waals surface area contributed by atoms with Gasteiger partial charge in [-0.05, 0) is 31.9 Å². The maximum Gasteiger partial charge on any atom is 0.168 e. The van der Waals surface area contributed by atoms with Crippen LogP contribution in [-0.4, -0.2) is 23.4 Å². The number of anilines is 1. The summed E-state index contributed by atoms with van der Waals surface area (Å²) < 4.78 is 0. The first kappa shape index (κ1) is 12.1. The van der Waals surface area contributed by atoms with Crippen molar-refractivity contribution in [1.29, 1.82) is 0 Å². The third-order valence-corrected chi connectivity index (χ3v) is 3.26. The number of nitrogens with zero attached hydrogens (tertiary/aromatic N) is 2. The normalized spacial score (nSPS) is 15.6. The van der Waals surface area contributed by atoms with Crippen LogP contribution in [0.4, 0.5) is 5.82 Å². The molecule has 1 aromatic rings. The third kappa shape index (κ3) is 2.19. The van der Waals surface area contributed by atoms with Crippen LogP contribution in [-0.2, 0) is 0 Å². The first-order chi connectivity index (χ1) is 8.00. The van der Waals surface area contributed by atoms with Crippen LogP contribution in [0.15, 0.2) is 12.1 Å². The molecule has 0 fully saturated rings. The van der Waals surface area contributed by atoms with E-state index in [0.29, 0.717) is 18.4 Å². The van der Waals surface area contributed by atoms with Crippen LogP contribution in [0.2, 0.25) is 0 Å². The lowest BCUT2D eigenvalue weighted by Crippen LogP contribution is -2.38. The van der Waals surface area contributed by atoms with Crippen molar-refractivity contribution in [2.75, 3.05) is 11.4 Å². The van der Waals surface area contributed by atoms with Gasteiger partial charge in [-0.25, -0.2) is 4.98 Å². The fourth-order valence-corrected chi connectivity index (χ4v) is 2.19. The molecule has 2 heterocycles. The molecule has 1 aliphatic rings. The summed E-state index contributed by atoms with van der Waals surface area (Å²) in [6.45, 7) is 9.32. The molecule has 1 aliphatic heterocycles. The topological polar surface area (TPSA) is 33.2 Å². The Morgan fingerprint density at radius 1 is 1.24 bits per heavy atom. The molecule has 0 aliphatic carbocycles. The smallest absolute Gasteiger partial charge is 0.168 e. The number of carbonyl (C=O) groups excluding carboxylic acids is 1. The average Bonchev–Trinajstić information content (AvgIpc) is 2.28. The standard InChI is InChI=1S/C14H20N2O/c1-9(2)12-6-5-11-13(17)7-8-16(10(3)4)14(11)15-12/h5-6,9-10H,7-8H2,1-4H3. The summed E-state index contributed by atoms with van der Waals surface area (Å²) in [6.07, 6.45) is 0.605. The van der Waals surface area contributed by atoms with Gasteiger partial charge in [0.25, 0.3) is 0 Å². The lowest BCUT2D eigenvalue weighted by molar-refractivity contribution is 0.0978. The van der Waals surface area contributed by atoms with E-state index in [-0.39, 0.29) is 5.78 Å². The fraction of sp³-hybridized carbons (Fsp3) is 0.571. The van der Waals surface area contributed by atoms with Crippen LogP contribution >= 0.6 is 0 Å². The molecule has 92 valence electrons. The van der Waals surface area contributed by atoms with Gasteiger partial charge in [0.1, 0.15) is 5.82 Å². The molecule has 0 N–H and O–H groups in total. The Bertz CT molecular complexity index is 438. The van der Waals surface area contributed by atoms with Gasteiger partial charge in [-0.3, -0.25) is 4.79 Å². The summed E-state index contributed by atoms with van der Waals surface area (Å²) in [5.41, 5.74) is 1.85. The van der Waals surface area contributed by atoms with Gasteiger partial charge < -0.3 is 4.90 Å². The highest BCUT2D eigenvalue weighted by Crippen LogP contribution is 2.28. The van der Waals surface area contributed by atoms with E-state index in [2.05, 4.69) is 37.6 Å². The second-order valence-corrected chi connectivity index (χ2v) is 5.22. The van der Waals surface area contributed by atoms with Crippen LogP contribution in [0, 0.1) is 0 Å². The number of hydrogen-bond acceptors (Lipinski definition) is 3. The molecule has 0 amide bonds. The van der Waals surface area contributed by atoms with E-state index in [1.165, 1.54) is 0 Å². The van der Waals surface area contributed by atoms with E-state index in [1.807, 2.05) is 12.1 Å². The molecule has 0 atom stereocenters. The Balaban J connectivity index is 2.50. The molecule has 0 saturated carbocycles. The lowest BCUT2D eigenvalue weighted by Gasteiger charge is -2.33. The van der Waals surface area contributed by atoms with Crippen LogP contribution in [0.1, 0.15) is 56.1 Å². The number of Topliss-reactive ketones (excluding diaryl/α,β-unsaturated/α-hetero) is 1. The molecule has 0 bridgehead atoms. The van der Waals surface area contributed by atoms with Gasteiger partial charge in [0.15, 0.2) is 5.78 Å². The van der Waals surface area contributed by atoms with E-state index in [1.54, 1.807) is 0 Å². The number of rotatable bonds is 2. The van der Waals surface area contributed by atoms with Gasteiger partial charge in [0.05, 0.1) is 5.56 Å². The van der Waals surface area contributed by atoms with Crippen molar-refractivity contribution >= 4 is 11.6 Å². The lowest BCUT2D eigenvalue weighted by atomic mass is 10.0. The second kappa shape index (κ2) is 4.47. The van der Waals surface area contributed by atoms with Gasteiger partial charge in [-0.2, -0.15) is 0 Å². The van der Waals surface area contributed by atoms with E-state index >= 15 is 0 Å². The second-order valence-electron chi connectivity index (χ2n) is 5.22. The molecular formula is C14H20N2O. The molecule has 3 heteroatoms. The molecule has 3 nitrogen and oxygen atoms in total. The molecule has 0 aromatic carbocycles. The Morgan fingerprint density at radius 2 is 1.94 bits per heavy atom. The van der Waals surface area contributed by atoms with Crippen LogP contribution in [0.3, 0.4) is 0 Å². The summed E-state index contributed by atoms with van der Waals surface area (Å²) in [4.78, 5) is 18.8. The quantitative estimate of drug-likeness (QED) is 0.786. The SMILES string of the molecule is CC(C)c1ccc2c(n1)N(C(C)C)CCC2=O. The van der Waals surface area contributed by atoms with Gasteiger partial charge in [0, 0.05) is 24.7 Å². The summed E-state index contributed by atoms with van der Waals surface area (Å²) >= 11 is 0. The van der Waals surface area contributed by atoms with Gasteiger partial charge in [0.2, 0.25) is 0 Å². The summed E-state index contributed by atoms with van der Waals surface area (Å²) in [7, 11) is 0. The Hall–Kier alpha value is -1.38. The van der Waals surface area contributed by atoms with E-state index in [0.717, 1.165) is 23.6 Å². The molecule has 0 unspecified atom stereocenters. The summed E-state index contributed by atoms with van der Waals surface area (Å²) in [5.74, 6) is 1.49. The average molecular weight is 232 g/mol. The summed E-state index contributed by atoms with van der Waals surface area (Å²) in [5, 5.41) is 0. The minimum absolute atomic E-state index is 0.222. The number of ketones is 1. The van der Waals surface area contributed by atoms with Crippen LogP contribution in [0.25, 0.3) is 0 Å². The van der Waals surface area contributed by atoms with Crippen molar-refractivity contribution in [3.63, 3.8) is 0 Å². The molecular weight excluding hydrogens is 212 g/mol. The molecule has 2 rings (SSSR count). The number of hydrogen-bond donors (Lipinski definition) is 0. The van der Waals surface area contributed by atoms with Crippen LogP contribution in [0.5, 0.6) is 0 Å². The zero-order valence-corrected chi connectivity index (χ0v) is 11.0. The predicted octanol–water partition coefficient (Wildman–Crippen LogP) is 3.01. The Morgan fingerprint density at radius 3 is 2.53 bits per heavy atom. The zero-order chi connectivity index (χ0) is 12.6. The highest BCUT2D eigenvalue weighted by Gasteiger charge is 2.26. The maximum absolute atomic E-state index is 11.9. The Labute approximate surface area is 103 Å².